The van der Waals surface area contributed by atoms with E-state index >= 15 is 0 Å². The van der Waals surface area contributed by atoms with Gasteiger partial charge in [0, 0.05) is 22.0 Å². The molecule has 2 rings (SSSR count). The van der Waals surface area contributed by atoms with E-state index in [2.05, 4.69) is 37.9 Å². The molecule has 3 nitrogen and oxygen atoms in total. The molecule has 1 fully saturated rings. The van der Waals surface area contributed by atoms with Gasteiger partial charge in [-0.1, -0.05) is 15.9 Å². The molecule has 0 aromatic heterocycles. The Kier molecular flexibility index (Phi) is 4.32. The van der Waals surface area contributed by atoms with E-state index in [9.17, 15) is 4.79 Å². The molecule has 1 heterocycles. The van der Waals surface area contributed by atoms with Crippen molar-refractivity contribution in [3.8, 4) is 6.07 Å². The van der Waals surface area contributed by atoms with Crippen LogP contribution in [0.15, 0.2) is 27.1 Å². The van der Waals surface area contributed by atoms with Crippen LogP contribution in [0.2, 0.25) is 0 Å². The quantitative estimate of drug-likeness (QED) is 0.733. The highest BCUT2D eigenvalue weighted by atomic mass is 79.9. The number of hydrogen-bond donors (Lipinski definition) is 0. The smallest absolute Gasteiger partial charge is 0.255 e. The van der Waals surface area contributed by atoms with Gasteiger partial charge in [0.25, 0.3) is 5.91 Å². The minimum atomic E-state index is -0.284. The summed E-state index contributed by atoms with van der Waals surface area (Å²) < 4.78 is 1.73. The molecular formula is C14H14Br2N2O. The number of carbonyl (C=O) groups is 1. The van der Waals surface area contributed by atoms with Crippen molar-refractivity contribution in [2.45, 2.75) is 19.8 Å². The minimum absolute atomic E-state index is 0.0272. The van der Waals surface area contributed by atoms with Crippen LogP contribution in [0.5, 0.6) is 0 Å². The minimum Gasteiger partial charge on any atom is -0.339 e. The number of likely N-dealkylation sites (tertiary alicyclic amines) is 1. The molecule has 1 saturated heterocycles. The molecule has 5 heteroatoms. The fraction of sp³-hybridized carbons (Fsp3) is 0.429. The molecule has 0 saturated carbocycles. The molecule has 0 aliphatic carbocycles. The predicted octanol–water partition coefficient (Wildman–Crippen LogP) is 3.98. The summed E-state index contributed by atoms with van der Waals surface area (Å²) in [5.74, 6) is 0.0272. The zero-order chi connectivity index (χ0) is 14.0. The van der Waals surface area contributed by atoms with Crippen molar-refractivity contribution in [2.24, 2.45) is 5.41 Å². The van der Waals surface area contributed by atoms with Gasteiger partial charge in [-0.05, 0) is 53.9 Å². The van der Waals surface area contributed by atoms with Crippen LogP contribution >= 0.6 is 31.9 Å². The Morgan fingerprint density at radius 1 is 1.37 bits per heavy atom. The molecule has 100 valence electrons. The van der Waals surface area contributed by atoms with E-state index in [0.29, 0.717) is 18.7 Å². The summed E-state index contributed by atoms with van der Waals surface area (Å²) in [6.07, 6.45) is 1.48. The SMILES string of the molecule is CC1(C#N)CCN(C(=O)c2ccc(Br)cc2Br)CC1. The fourth-order valence-electron chi connectivity index (χ4n) is 2.15. The van der Waals surface area contributed by atoms with Crippen molar-refractivity contribution < 1.29 is 4.79 Å². The highest BCUT2D eigenvalue weighted by molar-refractivity contribution is 9.11. The third-order valence-corrected chi connectivity index (χ3v) is 4.74. The molecule has 0 unspecified atom stereocenters. The van der Waals surface area contributed by atoms with Crippen molar-refractivity contribution >= 4 is 37.8 Å². The van der Waals surface area contributed by atoms with Gasteiger partial charge in [0.1, 0.15) is 0 Å². The maximum Gasteiger partial charge on any atom is 0.255 e. The molecule has 1 aliphatic heterocycles. The number of piperidine rings is 1. The third kappa shape index (κ3) is 3.18. The summed E-state index contributed by atoms with van der Waals surface area (Å²) in [4.78, 5) is 14.3. The van der Waals surface area contributed by atoms with Gasteiger partial charge in [0.15, 0.2) is 0 Å². The third-order valence-electron chi connectivity index (χ3n) is 3.59. The zero-order valence-corrected chi connectivity index (χ0v) is 13.8. The summed E-state index contributed by atoms with van der Waals surface area (Å²) in [5, 5.41) is 9.10. The normalized spacial score (nSPS) is 17.9. The van der Waals surface area contributed by atoms with E-state index in [1.807, 2.05) is 30.0 Å². The maximum absolute atomic E-state index is 12.4. The Balaban J connectivity index is 2.12. The standard InChI is InChI=1S/C14H14Br2N2O/c1-14(9-17)4-6-18(7-5-14)13(19)11-3-2-10(15)8-12(11)16/h2-3,8H,4-7H2,1H3. The fourth-order valence-corrected chi connectivity index (χ4v) is 3.37. The van der Waals surface area contributed by atoms with Gasteiger partial charge in [-0.3, -0.25) is 4.79 Å². The van der Waals surface area contributed by atoms with Crippen molar-refractivity contribution in [3.63, 3.8) is 0 Å². The average molecular weight is 386 g/mol. The monoisotopic (exact) mass is 384 g/mol. The maximum atomic E-state index is 12.4. The molecule has 1 aromatic carbocycles. The second-order valence-electron chi connectivity index (χ2n) is 5.09. The van der Waals surface area contributed by atoms with Crippen LogP contribution in [-0.2, 0) is 0 Å². The number of nitrogens with zero attached hydrogens (tertiary/aromatic N) is 2. The number of nitriles is 1. The largest absolute Gasteiger partial charge is 0.339 e. The van der Waals surface area contributed by atoms with E-state index in [4.69, 9.17) is 5.26 Å². The van der Waals surface area contributed by atoms with Crippen molar-refractivity contribution in [2.75, 3.05) is 13.1 Å². The van der Waals surface area contributed by atoms with Crippen LogP contribution in [0.4, 0.5) is 0 Å². The second-order valence-corrected chi connectivity index (χ2v) is 6.86. The Hall–Kier alpha value is -0.860. The van der Waals surface area contributed by atoms with Crippen molar-refractivity contribution in [1.29, 1.82) is 5.26 Å². The molecular weight excluding hydrogens is 372 g/mol. The van der Waals surface area contributed by atoms with Gasteiger partial charge in [0.2, 0.25) is 0 Å². The Bertz CT molecular complexity index is 543. The Labute approximate surface area is 129 Å². The van der Waals surface area contributed by atoms with Crippen LogP contribution in [0.25, 0.3) is 0 Å². The second kappa shape index (κ2) is 5.64. The lowest BCUT2D eigenvalue weighted by Crippen LogP contribution is -2.41. The molecule has 0 atom stereocenters. The first-order valence-corrected chi connectivity index (χ1v) is 7.69. The first-order valence-electron chi connectivity index (χ1n) is 6.11. The summed E-state index contributed by atoms with van der Waals surface area (Å²) in [6, 6.07) is 7.89. The lowest BCUT2D eigenvalue weighted by atomic mass is 9.82. The van der Waals surface area contributed by atoms with Crippen LogP contribution in [-0.4, -0.2) is 23.9 Å². The molecule has 1 aliphatic rings. The van der Waals surface area contributed by atoms with Gasteiger partial charge < -0.3 is 4.90 Å². The van der Waals surface area contributed by atoms with Crippen LogP contribution in [0.1, 0.15) is 30.1 Å². The Morgan fingerprint density at radius 2 is 2.00 bits per heavy atom. The van der Waals surface area contributed by atoms with E-state index in [1.165, 1.54) is 0 Å². The number of halogens is 2. The molecule has 0 bridgehead atoms. The first-order chi connectivity index (χ1) is 8.95. The molecule has 0 N–H and O–H groups in total. The van der Waals surface area contributed by atoms with E-state index in [1.54, 1.807) is 0 Å². The molecule has 1 aromatic rings. The highest BCUT2D eigenvalue weighted by Gasteiger charge is 2.32. The number of amides is 1. The van der Waals surface area contributed by atoms with Crippen LogP contribution < -0.4 is 0 Å². The first kappa shape index (κ1) is 14.5. The van der Waals surface area contributed by atoms with Gasteiger partial charge in [-0.25, -0.2) is 0 Å². The summed E-state index contributed by atoms with van der Waals surface area (Å²) in [7, 11) is 0. The van der Waals surface area contributed by atoms with Crippen LogP contribution in [0.3, 0.4) is 0 Å². The van der Waals surface area contributed by atoms with E-state index in [-0.39, 0.29) is 11.3 Å². The summed E-state index contributed by atoms with van der Waals surface area (Å²) in [6.45, 7) is 3.25. The van der Waals surface area contributed by atoms with Crippen LogP contribution in [0, 0.1) is 16.7 Å². The molecule has 1 amide bonds. The summed E-state index contributed by atoms with van der Waals surface area (Å²) in [5.41, 5.74) is 0.386. The lowest BCUT2D eigenvalue weighted by Gasteiger charge is -2.35. The average Bonchev–Trinajstić information content (AvgIpc) is 2.39. The number of carbonyl (C=O) groups excluding carboxylic acids is 1. The van der Waals surface area contributed by atoms with Crippen molar-refractivity contribution in [1.82, 2.24) is 4.90 Å². The van der Waals surface area contributed by atoms with Gasteiger partial charge in [-0.2, -0.15) is 5.26 Å². The molecule has 19 heavy (non-hydrogen) atoms. The van der Waals surface area contributed by atoms with Gasteiger partial charge >= 0.3 is 0 Å². The summed E-state index contributed by atoms with van der Waals surface area (Å²) >= 11 is 6.80. The topological polar surface area (TPSA) is 44.1 Å². The number of rotatable bonds is 1. The van der Waals surface area contributed by atoms with Crippen molar-refractivity contribution in [3.05, 3.63) is 32.7 Å². The Morgan fingerprint density at radius 3 is 2.53 bits per heavy atom. The molecule has 0 radical (unpaired) electrons. The number of hydrogen-bond acceptors (Lipinski definition) is 2. The van der Waals surface area contributed by atoms with E-state index < -0.39 is 0 Å². The highest BCUT2D eigenvalue weighted by Crippen LogP contribution is 2.31. The van der Waals surface area contributed by atoms with Gasteiger partial charge in [0.05, 0.1) is 17.0 Å². The van der Waals surface area contributed by atoms with Gasteiger partial charge in [-0.15, -0.1) is 0 Å². The number of benzene rings is 1. The zero-order valence-electron chi connectivity index (χ0n) is 10.6. The van der Waals surface area contributed by atoms with E-state index in [0.717, 1.165) is 21.8 Å². The predicted molar refractivity (Wildman–Crippen MR) is 80.7 cm³/mol. The lowest BCUT2D eigenvalue weighted by molar-refractivity contribution is 0.0661. The molecule has 0 spiro atoms.